The van der Waals surface area contributed by atoms with Gasteiger partial charge in [0.05, 0.1) is 13.2 Å². The molecule has 4 heteroatoms. The first-order valence-corrected chi connectivity index (χ1v) is 7.20. The molecule has 20 heavy (non-hydrogen) atoms. The van der Waals surface area contributed by atoms with E-state index in [0.717, 1.165) is 19.3 Å². The predicted octanol–water partition coefficient (Wildman–Crippen LogP) is 2.05. The van der Waals surface area contributed by atoms with Crippen LogP contribution in [0.5, 0.6) is 0 Å². The molecule has 0 fully saturated rings. The zero-order valence-electron chi connectivity index (χ0n) is 12.4. The number of rotatable bonds is 11. The first kappa shape index (κ1) is 18.6. The van der Waals surface area contributed by atoms with Crippen molar-refractivity contribution in [2.45, 2.75) is 32.6 Å². The quantitative estimate of drug-likeness (QED) is 0.570. The van der Waals surface area contributed by atoms with Crippen molar-refractivity contribution in [3.8, 4) is 0 Å². The van der Waals surface area contributed by atoms with E-state index < -0.39 is 0 Å². The van der Waals surface area contributed by atoms with Crippen LogP contribution in [0, 0.1) is 0 Å². The number of aliphatic hydroxyl groups is 2. The number of nitrogens with zero attached hydrogens (tertiary/aromatic N) is 1. The molecule has 0 bridgehead atoms. The van der Waals surface area contributed by atoms with Crippen LogP contribution in [0.4, 0.5) is 0 Å². The second-order valence-electron chi connectivity index (χ2n) is 4.33. The highest BCUT2D eigenvalue weighted by Crippen LogP contribution is 1.97. The zero-order chi connectivity index (χ0) is 15.1. The average molecular weight is 281 g/mol. The van der Waals surface area contributed by atoms with Crippen LogP contribution in [0.25, 0.3) is 0 Å². The van der Waals surface area contributed by atoms with Crippen LogP contribution in [-0.2, 0) is 4.79 Å². The van der Waals surface area contributed by atoms with Crippen LogP contribution < -0.4 is 0 Å². The molecular weight excluding hydrogens is 254 g/mol. The molecule has 0 aromatic carbocycles. The molecular formula is C16H27NO3. The van der Waals surface area contributed by atoms with E-state index in [2.05, 4.69) is 31.2 Å². The molecule has 0 rings (SSSR count). The van der Waals surface area contributed by atoms with Crippen LogP contribution in [0.3, 0.4) is 0 Å². The fourth-order valence-corrected chi connectivity index (χ4v) is 1.62. The van der Waals surface area contributed by atoms with Gasteiger partial charge in [0.2, 0.25) is 5.91 Å². The van der Waals surface area contributed by atoms with E-state index in [0.29, 0.717) is 6.42 Å². The third-order valence-corrected chi connectivity index (χ3v) is 2.67. The molecule has 0 spiro atoms. The van der Waals surface area contributed by atoms with Crippen LogP contribution in [0.15, 0.2) is 36.5 Å². The average Bonchev–Trinajstić information content (AvgIpc) is 2.45. The van der Waals surface area contributed by atoms with Gasteiger partial charge < -0.3 is 15.1 Å². The maximum atomic E-state index is 11.8. The Balaban J connectivity index is 3.86. The van der Waals surface area contributed by atoms with Gasteiger partial charge in [-0.1, -0.05) is 43.4 Å². The summed E-state index contributed by atoms with van der Waals surface area (Å²) in [7, 11) is 0. The SMILES string of the molecule is CC/C=C\C/C=C\C/C=C\CC(=O)N(CCO)CCO. The lowest BCUT2D eigenvalue weighted by molar-refractivity contribution is -0.131. The summed E-state index contributed by atoms with van der Waals surface area (Å²) in [5, 5.41) is 17.7. The molecule has 1 amide bonds. The van der Waals surface area contributed by atoms with Gasteiger partial charge in [-0.3, -0.25) is 4.79 Å². The summed E-state index contributed by atoms with van der Waals surface area (Å²) in [5.74, 6) is -0.0702. The number of carbonyl (C=O) groups excluding carboxylic acids is 1. The maximum absolute atomic E-state index is 11.8. The Bertz CT molecular complexity index is 316. The van der Waals surface area contributed by atoms with E-state index in [1.165, 1.54) is 4.90 Å². The molecule has 0 aromatic rings. The summed E-state index contributed by atoms with van der Waals surface area (Å²) in [5.41, 5.74) is 0. The number of aliphatic hydroxyl groups excluding tert-OH is 2. The van der Waals surface area contributed by atoms with Gasteiger partial charge in [0, 0.05) is 19.5 Å². The third kappa shape index (κ3) is 10.5. The molecule has 0 aliphatic heterocycles. The van der Waals surface area contributed by atoms with Crippen LogP contribution in [0.2, 0.25) is 0 Å². The number of allylic oxidation sites excluding steroid dienone is 5. The van der Waals surface area contributed by atoms with Crippen molar-refractivity contribution in [3.05, 3.63) is 36.5 Å². The molecule has 2 N–H and O–H groups in total. The predicted molar refractivity (Wildman–Crippen MR) is 82.3 cm³/mol. The van der Waals surface area contributed by atoms with E-state index in [-0.39, 0.29) is 32.2 Å². The Morgan fingerprint density at radius 2 is 1.40 bits per heavy atom. The molecule has 0 saturated carbocycles. The molecule has 0 radical (unpaired) electrons. The molecule has 114 valence electrons. The standard InChI is InChI=1S/C16H27NO3/c1-2-3-4-5-6-7-8-9-10-11-16(20)17(12-14-18)13-15-19/h3-4,6-7,9-10,18-19H,2,5,8,11-15H2,1H3/b4-3-,7-6-,10-9-. The van der Waals surface area contributed by atoms with Gasteiger partial charge in [-0.25, -0.2) is 0 Å². The topological polar surface area (TPSA) is 60.8 Å². The van der Waals surface area contributed by atoms with Crippen molar-refractivity contribution in [2.24, 2.45) is 0 Å². The first-order chi connectivity index (χ1) is 9.76. The monoisotopic (exact) mass is 281 g/mol. The van der Waals surface area contributed by atoms with Gasteiger partial charge in [0.25, 0.3) is 0 Å². The van der Waals surface area contributed by atoms with Gasteiger partial charge in [0.15, 0.2) is 0 Å². The summed E-state index contributed by atoms with van der Waals surface area (Å²) >= 11 is 0. The van der Waals surface area contributed by atoms with Gasteiger partial charge in [-0.2, -0.15) is 0 Å². The molecule has 4 nitrogen and oxygen atoms in total. The van der Waals surface area contributed by atoms with Crippen molar-refractivity contribution >= 4 is 5.91 Å². The Hall–Kier alpha value is -1.39. The normalized spacial score (nSPS) is 11.9. The summed E-state index contributed by atoms with van der Waals surface area (Å²) < 4.78 is 0. The van der Waals surface area contributed by atoms with Crippen LogP contribution >= 0.6 is 0 Å². The largest absolute Gasteiger partial charge is 0.395 e. The Kier molecular flexibility index (Phi) is 13.1. The van der Waals surface area contributed by atoms with Gasteiger partial charge in [-0.05, 0) is 19.3 Å². The molecule has 0 aromatic heterocycles. The van der Waals surface area contributed by atoms with E-state index >= 15 is 0 Å². The fraction of sp³-hybridized carbons (Fsp3) is 0.562. The van der Waals surface area contributed by atoms with Crippen molar-refractivity contribution in [1.29, 1.82) is 0 Å². The second kappa shape index (κ2) is 14.0. The second-order valence-corrected chi connectivity index (χ2v) is 4.33. The summed E-state index contributed by atoms with van der Waals surface area (Å²) in [6.07, 6.45) is 15.3. The van der Waals surface area contributed by atoms with E-state index in [9.17, 15) is 4.79 Å². The minimum Gasteiger partial charge on any atom is -0.395 e. The summed E-state index contributed by atoms with van der Waals surface area (Å²) in [6, 6.07) is 0. The molecule has 0 atom stereocenters. The number of hydrogen-bond donors (Lipinski definition) is 2. The third-order valence-electron chi connectivity index (χ3n) is 2.67. The van der Waals surface area contributed by atoms with E-state index in [4.69, 9.17) is 10.2 Å². The van der Waals surface area contributed by atoms with Gasteiger partial charge in [0.1, 0.15) is 0 Å². The molecule has 0 unspecified atom stereocenters. The van der Waals surface area contributed by atoms with Crippen molar-refractivity contribution in [3.63, 3.8) is 0 Å². The molecule has 0 saturated heterocycles. The minimum atomic E-state index is -0.0799. The maximum Gasteiger partial charge on any atom is 0.226 e. The molecule has 0 aliphatic carbocycles. The van der Waals surface area contributed by atoms with Crippen LogP contribution in [0.1, 0.15) is 32.6 Å². The summed E-state index contributed by atoms with van der Waals surface area (Å²) in [6.45, 7) is 2.50. The van der Waals surface area contributed by atoms with Crippen molar-refractivity contribution < 1.29 is 15.0 Å². The van der Waals surface area contributed by atoms with Crippen molar-refractivity contribution in [1.82, 2.24) is 4.90 Å². The Morgan fingerprint density at radius 3 is 1.90 bits per heavy atom. The molecule has 0 heterocycles. The first-order valence-electron chi connectivity index (χ1n) is 7.20. The number of hydrogen-bond acceptors (Lipinski definition) is 3. The Morgan fingerprint density at radius 1 is 0.900 bits per heavy atom. The highest BCUT2D eigenvalue weighted by Gasteiger charge is 2.09. The highest BCUT2D eigenvalue weighted by molar-refractivity contribution is 5.77. The Labute approximate surface area is 122 Å². The number of amides is 1. The lowest BCUT2D eigenvalue weighted by Crippen LogP contribution is -2.35. The fourth-order valence-electron chi connectivity index (χ4n) is 1.62. The minimum absolute atomic E-state index is 0.0702. The van der Waals surface area contributed by atoms with Crippen LogP contribution in [-0.4, -0.2) is 47.3 Å². The zero-order valence-corrected chi connectivity index (χ0v) is 12.4. The molecule has 0 aliphatic rings. The lowest BCUT2D eigenvalue weighted by atomic mass is 10.2. The lowest BCUT2D eigenvalue weighted by Gasteiger charge is -2.19. The summed E-state index contributed by atoms with van der Waals surface area (Å²) in [4.78, 5) is 13.2. The van der Waals surface area contributed by atoms with E-state index in [1.807, 2.05) is 12.2 Å². The number of carbonyl (C=O) groups is 1. The van der Waals surface area contributed by atoms with Crippen molar-refractivity contribution in [2.75, 3.05) is 26.3 Å². The smallest absolute Gasteiger partial charge is 0.226 e. The van der Waals surface area contributed by atoms with Gasteiger partial charge in [-0.15, -0.1) is 0 Å². The van der Waals surface area contributed by atoms with E-state index in [1.54, 1.807) is 0 Å². The highest BCUT2D eigenvalue weighted by atomic mass is 16.3. The van der Waals surface area contributed by atoms with Gasteiger partial charge >= 0.3 is 0 Å².